The van der Waals surface area contributed by atoms with Crippen LogP contribution in [0.2, 0.25) is 0 Å². The Hall–Kier alpha value is -3.28. The first-order valence-electron chi connectivity index (χ1n) is 7.75. The maximum absolute atomic E-state index is 12.2. The lowest BCUT2D eigenvalue weighted by Gasteiger charge is -2.20. The number of anilines is 2. The Bertz CT molecular complexity index is 846. The van der Waals surface area contributed by atoms with Gasteiger partial charge in [0.25, 0.3) is 0 Å². The van der Waals surface area contributed by atoms with E-state index >= 15 is 0 Å². The van der Waals surface area contributed by atoms with E-state index in [-0.39, 0.29) is 5.88 Å². The molecule has 0 aliphatic heterocycles. The van der Waals surface area contributed by atoms with E-state index in [1.807, 2.05) is 31.2 Å². The number of amides is 1. The van der Waals surface area contributed by atoms with Crippen LogP contribution in [-0.4, -0.2) is 18.4 Å². The topological polar surface area (TPSA) is 64.8 Å². The normalized spacial score (nSPS) is 10.3. The third kappa shape index (κ3) is 3.80. The van der Waals surface area contributed by atoms with Gasteiger partial charge in [-0.2, -0.15) is 0 Å². The van der Waals surface area contributed by atoms with Crippen molar-refractivity contribution in [3.05, 3.63) is 71.9 Å². The van der Waals surface area contributed by atoms with Gasteiger partial charge >= 0.3 is 6.09 Å². The van der Waals surface area contributed by atoms with Crippen LogP contribution in [0.15, 0.2) is 65.3 Å². The second-order valence-corrected chi connectivity index (χ2v) is 5.40. The van der Waals surface area contributed by atoms with Crippen LogP contribution in [0.1, 0.15) is 11.1 Å². The molecule has 6 nitrogen and oxygen atoms in total. The van der Waals surface area contributed by atoms with Crippen molar-refractivity contribution in [3.63, 3.8) is 0 Å². The minimum absolute atomic E-state index is 0.249. The zero-order valence-corrected chi connectivity index (χ0v) is 14.0. The third-order valence-corrected chi connectivity index (χ3v) is 3.58. The summed E-state index contributed by atoms with van der Waals surface area (Å²) in [5, 5.41) is 3.65. The minimum Gasteiger partial charge on any atom is -0.487 e. The Balaban J connectivity index is 1.90. The molecule has 0 saturated carbocycles. The molecule has 3 rings (SSSR count). The van der Waals surface area contributed by atoms with E-state index in [1.54, 1.807) is 24.3 Å². The van der Waals surface area contributed by atoms with Crippen LogP contribution >= 0.6 is 0 Å². The summed E-state index contributed by atoms with van der Waals surface area (Å²) in [5.41, 5.74) is 2.71. The molecule has 0 saturated heterocycles. The Kier molecular flexibility index (Phi) is 4.99. The molecule has 6 heteroatoms. The average molecular weight is 338 g/mol. The SMILES string of the molecule is COC(=O)N(c1ccno1)c1ccccc1OCc1cccc(C)c1. The third-order valence-electron chi connectivity index (χ3n) is 3.58. The quantitative estimate of drug-likeness (QED) is 0.687. The number of benzene rings is 2. The van der Waals surface area contributed by atoms with E-state index in [9.17, 15) is 4.79 Å². The van der Waals surface area contributed by atoms with Crippen LogP contribution in [0, 0.1) is 6.92 Å². The van der Waals surface area contributed by atoms with Gasteiger partial charge in [-0.15, -0.1) is 0 Å². The lowest BCUT2D eigenvalue weighted by Crippen LogP contribution is -2.25. The molecule has 0 aliphatic rings. The molecule has 1 aromatic heterocycles. The summed E-state index contributed by atoms with van der Waals surface area (Å²) in [4.78, 5) is 13.5. The molecule has 0 spiro atoms. The number of carbonyl (C=O) groups excluding carboxylic acids is 1. The van der Waals surface area contributed by atoms with Crippen molar-refractivity contribution in [1.82, 2.24) is 5.16 Å². The van der Waals surface area contributed by atoms with Crippen LogP contribution in [0.25, 0.3) is 0 Å². The molecule has 1 heterocycles. The zero-order valence-electron chi connectivity index (χ0n) is 14.0. The van der Waals surface area contributed by atoms with Gasteiger partial charge in [0, 0.05) is 6.07 Å². The molecule has 25 heavy (non-hydrogen) atoms. The molecule has 1 amide bonds. The Labute approximate surface area is 145 Å². The zero-order chi connectivity index (χ0) is 17.6. The summed E-state index contributed by atoms with van der Waals surface area (Å²) in [6.07, 6.45) is 0.866. The molecule has 2 aromatic carbocycles. The Morgan fingerprint density at radius 3 is 2.72 bits per heavy atom. The Morgan fingerprint density at radius 1 is 1.16 bits per heavy atom. The number of ether oxygens (including phenoxy) is 2. The number of carbonyl (C=O) groups is 1. The van der Waals surface area contributed by atoms with Gasteiger partial charge in [-0.3, -0.25) is 0 Å². The largest absolute Gasteiger partial charge is 0.487 e. The summed E-state index contributed by atoms with van der Waals surface area (Å²) in [7, 11) is 1.31. The second-order valence-electron chi connectivity index (χ2n) is 5.40. The van der Waals surface area contributed by atoms with Crippen LogP contribution in [0.4, 0.5) is 16.4 Å². The molecule has 0 fully saturated rings. The van der Waals surface area contributed by atoms with Crippen molar-refractivity contribution >= 4 is 17.7 Å². The average Bonchev–Trinajstić information content (AvgIpc) is 3.15. The van der Waals surface area contributed by atoms with Gasteiger partial charge in [-0.05, 0) is 24.6 Å². The first kappa shape index (κ1) is 16.6. The van der Waals surface area contributed by atoms with Crippen molar-refractivity contribution in [2.45, 2.75) is 13.5 Å². The smallest absolute Gasteiger partial charge is 0.421 e. The number of para-hydroxylation sites is 2. The fourth-order valence-electron chi connectivity index (χ4n) is 2.45. The first-order valence-corrected chi connectivity index (χ1v) is 7.75. The number of aromatic nitrogens is 1. The van der Waals surface area contributed by atoms with Crippen LogP contribution in [0.3, 0.4) is 0 Å². The highest BCUT2D eigenvalue weighted by molar-refractivity contribution is 5.96. The predicted molar refractivity (Wildman–Crippen MR) is 93.0 cm³/mol. The highest BCUT2D eigenvalue weighted by Crippen LogP contribution is 2.34. The highest BCUT2D eigenvalue weighted by Gasteiger charge is 2.25. The molecular weight excluding hydrogens is 320 g/mol. The van der Waals surface area contributed by atoms with E-state index in [0.717, 1.165) is 11.1 Å². The number of hydrogen-bond donors (Lipinski definition) is 0. The molecule has 3 aromatic rings. The fraction of sp³-hybridized carbons (Fsp3) is 0.158. The Morgan fingerprint density at radius 2 is 2.00 bits per heavy atom. The monoisotopic (exact) mass is 338 g/mol. The summed E-state index contributed by atoms with van der Waals surface area (Å²) in [6, 6.07) is 16.8. The second kappa shape index (κ2) is 7.53. The minimum atomic E-state index is -0.594. The van der Waals surface area contributed by atoms with E-state index < -0.39 is 6.09 Å². The molecule has 0 radical (unpaired) electrons. The van der Waals surface area contributed by atoms with Gasteiger partial charge < -0.3 is 14.0 Å². The van der Waals surface area contributed by atoms with E-state index in [2.05, 4.69) is 11.2 Å². The van der Waals surface area contributed by atoms with E-state index in [1.165, 1.54) is 18.2 Å². The van der Waals surface area contributed by atoms with E-state index in [4.69, 9.17) is 14.0 Å². The summed E-state index contributed by atoms with van der Waals surface area (Å²) in [5.74, 6) is 0.782. The fourth-order valence-corrected chi connectivity index (χ4v) is 2.45. The van der Waals surface area contributed by atoms with Crippen molar-refractivity contribution in [2.24, 2.45) is 0 Å². The highest BCUT2D eigenvalue weighted by atomic mass is 16.6. The van der Waals surface area contributed by atoms with Gasteiger partial charge in [-0.1, -0.05) is 47.1 Å². The number of hydrogen-bond acceptors (Lipinski definition) is 5. The summed E-state index contributed by atoms with van der Waals surface area (Å²) in [6.45, 7) is 2.41. The maximum atomic E-state index is 12.2. The van der Waals surface area contributed by atoms with E-state index in [0.29, 0.717) is 18.0 Å². The number of methoxy groups -OCH3 is 1. The number of nitrogens with zero attached hydrogens (tertiary/aromatic N) is 2. The molecule has 0 unspecified atom stereocenters. The maximum Gasteiger partial charge on any atom is 0.421 e. The standard InChI is InChI=1S/C19H18N2O4/c1-14-6-5-7-15(12-14)13-24-17-9-4-3-8-16(17)21(19(22)23-2)18-10-11-20-25-18/h3-12H,13H2,1-2H3. The van der Waals surface area contributed by atoms with Gasteiger partial charge in [-0.25, -0.2) is 9.69 Å². The number of rotatable bonds is 5. The molecule has 0 bridgehead atoms. The lowest BCUT2D eigenvalue weighted by molar-refractivity contribution is 0.179. The van der Waals surface area contributed by atoms with Crippen molar-refractivity contribution in [3.8, 4) is 5.75 Å². The van der Waals surface area contributed by atoms with Crippen molar-refractivity contribution in [2.75, 3.05) is 12.0 Å². The molecular formula is C19H18N2O4. The first-order chi connectivity index (χ1) is 12.2. The predicted octanol–water partition coefficient (Wildman–Crippen LogP) is 4.47. The molecule has 128 valence electrons. The van der Waals surface area contributed by atoms with Crippen molar-refractivity contribution in [1.29, 1.82) is 0 Å². The lowest BCUT2D eigenvalue weighted by atomic mass is 10.1. The molecule has 0 atom stereocenters. The van der Waals surface area contributed by atoms with Gasteiger partial charge in [0.1, 0.15) is 12.4 Å². The van der Waals surface area contributed by atoms with Crippen LogP contribution in [-0.2, 0) is 11.3 Å². The van der Waals surface area contributed by atoms with Gasteiger partial charge in [0.2, 0.25) is 5.88 Å². The van der Waals surface area contributed by atoms with Crippen molar-refractivity contribution < 1.29 is 18.8 Å². The summed E-state index contributed by atoms with van der Waals surface area (Å²) >= 11 is 0. The molecule has 0 aliphatic carbocycles. The molecule has 0 N–H and O–H groups in total. The van der Waals surface area contributed by atoms with Crippen LogP contribution < -0.4 is 9.64 Å². The number of aryl methyl sites for hydroxylation is 1. The summed E-state index contributed by atoms with van der Waals surface area (Å²) < 4.78 is 15.9. The van der Waals surface area contributed by atoms with Crippen LogP contribution in [0.5, 0.6) is 5.75 Å². The van der Waals surface area contributed by atoms with Gasteiger partial charge in [0.05, 0.1) is 19.0 Å². The van der Waals surface area contributed by atoms with Gasteiger partial charge in [0.15, 0.2) is 0 Å².